The maximum Gasteiger partial charge on any atom is 0.243 e. The van der Waals surface area contributed by atoms with Crippen molar-refractivity contribution in [3.05, 3.63) is 89.7 Å². The summed E-state index contributed by atoms with van der Waals surface area (Å²) in [5.41, 5.74) is 4.24. The smallest absolute Gasteiger partial charge is 0.243 e. The molecule has 3 aromatic carbocycles. The van der Waals surface area contributed by atoms with E-state index in [0.717, 1.165) is 47.5 Å². The van der Waals surface area contributed by atoms with E-state index in [1.807, 2.05) is 48.5 Å². The number of aromatic nitrogens is 2. The fraction of sp³-hybridized carbons (Fsp3) is 0.355. The van der Waals surface area contributed by atoms with Crippen LogP contribution in [0.3, 0.4) is 0 Å². The van der Waals surface area contributed by atoms with Gasteiger partial charge in [-0.1, -0.05) is 55.3 Å². The number of para-hydroxylation sites is 1. The van der Waals surface area contributed by atoms with Gasteiger partial charge in [-0.05, 0) is 68.7 Å². The van der Waals surface area contributed by atoms with Gasteiger partial charge in [0.25, 0.3) is 0 Å². The second-order valence-corrected chi connectivity index (χ2v) is 12.2. The summed E-state index contributed by atoms with van der Waals surface area (Å²) in [6, 6.07) is 23.6. The third-order valence-electron chi connectivity index (χ3n) is 7.51. The maximum absolute atomic E-state index is 13.3. The molecule has 8 heteroatoms. The van der Waals surface area contributed by atoms with Gasteiger partial charge in [0.2, 0.25) is 10.0 Å². The average molecular weight is 544 g/mol. The molecule has 0 saturated carbocycles. The molecule has 0 amide bonds. The summed E-state index contributed by atoms with van der Waals surface area (Å²) in [7, 11) is -3.52. The monoisotopic (exact) mass is 543 g/mol. The summed E-state index contributed by atoms with van der Waals surface area (Å²) < 4.78 is 28.2. The molecular formula is C31H37N5O2S. The molecule has 1 aliphatic heterocycles. The van der Waals surface area contributed by atoms with E-state index in [-0.39, 0.29) is 6.04 Å². The Morgan fingerprint density at radius 2 is 1.59 bits per heavy atom. The first-order valence-electron chi connectivity index (χ1n) is 13.8. The first kappa shape index (κ1) is 27.2. The van der Waals surface area contributed by atoms with Gasteiger partial charge in [0, 0.05) is 37.3 Å². The molecule has 204 valence electrons. The van der Waals surface area contributed by atoms with E-state index in [4.69, 9.17) is 9.97 Å². The van der Waals surface area contributed by atoms with Crippen LogP contribution in [-0.2, 0) is 16.4 Å². The molecule has 1 N–H and O–H groups in total. The van der Waals surface area contributed by atoms with Crippen LogP contribution in [0.5, 0.6) is 0 Å². The number of fused-ring (bicyclic) bond motifs is 1. The Bertz CT molecular complexity index is 1510. The van der Waals surface area contributed by atoms with Crippen molar-refractivity contribution < 1.29 is 8.42 Å². The molecule has 0 spiro atoms. The van der Waals surface area contributed by atoms with Gasteiger partial charge in [-0.2, -0.15) is 4.31 Å². The number of piperazine rings is 1. The predicted octanol–water partition coefficient (Wildman–Crippen LogP) is 6.09. The van der Waals surface area contributed by atoms with Crippen LogP contribution in [-0.4, -0.2) is 53.8 Å². The lowest BCUT2D eigenvalue weighted by atomic mass is 10.1. The van der Waals surface area contributed by atoms with Gasteiger partial charge in [0.05, 0.1) is 16.5 Å². The van der Waals surface area contributed by atoms with Gasteiger partial charge in [-0.25, -0.2) is 18.4 Å². The predicted molar refractivity (Wildman–Crippen MR) is 158 cm³/mol. The van der Waals surface area contributed by atoms with E-state index in [9.17, 15) is 8.42 Å². The highest BCUT2D eigenvalue weighted by atomic mass is 32.2. The molecule has 0 radical (unpaired) electrons. The van der Waals surface area contributed by atoms with Crippen molar-refractivity contribution in [3.63, 3.8) is 0 Å². The number of anilines is 2. The Balaban J connectivity index is 1.30. The number of sulfonamides is 1. The summed E-state index contributed by atoms with van der Waals surface area (Å²) in [5.74, 6) is 1.50. The number of benzene rings is 3. The lowest BCUT2D eigenvalue weighted by molar-refractivity contribution is 0.141. The summed E-state index contributed by atoms with van der Waals surface area (Å²) in [6.07, 6.45) is 3.21. The van der Waals surface area contributed by atoms with Crippen molar-refractivity contribution in [2.45, 2.75) is 51.0 Å². The minimum Gasteiger partial charge on any atom is -0.340 e. The Labute approximate surface area is 232 Å². The standard InChI is InChI=1S/C31H37N5O2S/c1-4-5-8-25-13-17-27(18-14-25)39(37,38)36-21-19-35(20-22-36)24(3)30-33-29-10-7-6-9-28(29)31(34-30)32-26-15-11-23(2)12-16-26/h6-7,9-18,24H,4-5,8,19-22H2,1-3H3,(H,32,33,34). The van der Waals surface area contributed by atoms with Gasteiger partial charge in [-0.3, -0.25) is 4.90 Å². The highest BCUT2D eigenvalue weighted by Gasteiger charge is 2.31. The largest absolute Gasteiger partial charge is 0.340 e. The van der Waals surface area contributed by atoms with Crippen LogP contribution in [0.2, 0.25) is 0 Å². The quantitative estimate of drug-likeness (QED) is 0.275. The van der Waals surface area contributed by atoms with E-state index in [0.29, 0.717) is 31.1 Å². The minimum atomic E-state index is -3.52. The molecule has 1 saturated heterocycles. The topological polar surface area (TPSA) is 78.4 Å². The molecule has 2 heterocycles. The van der Waals surface area contributed by atoms with Crippen molar-refractivity contribution in [1.29, 1.82) is 0 Å². The highest BCUT2D eigenvalue weighted by molar-refractivity contribution is 7.89. The maximum atomic E-state index is 13.3. The van der Waals surface area contributed by atoms with Gasteiger partial charge in [0.15, 0.2) is 0 Å². The average Bonchev–Trinajstić information content (AvgIpc) is 2.97. The summed E-state index contributed by atoms with van der Waals surface area (Å²) in [4.78, 5) is 12.5. The second-order valence-electron chi connectivity index (χ2n) is 10.3. The third-order valence-corrected chi connectivity index (χ3v) is 9.42. The second kappa shape index (κ2) is 11.8. The third kappa shape index (κ3) is 6.13. The molecule has 1 fully saturated rings. The number of hydrogen-bond donors (Lipinski definition) is 1. The molecule has 1 aliphatic rings. The van der Waals surface area contributed by atoms with Crippen LogP contribution in [0.1, 0.15) is 49.7 Å². The molecule has 39 heavy (non-hydrogen) atoms. The van der Waals surface area contributed by atoms with E-state index >= 15 is 0 Å². The van der Waals surface area contributed by atoms with Crippen LogP contribution in [0, 0.1) is 6.92 Å². The van der Waals surface area contributed by atoms with Gasteiger partial charge in [0.1, 0.15) is 11.6 Å². The van der Waals surface area contributed by atoms with Gasteiger partial charge >= 0.3 is 0 Å². The zero-order chi connectivity index (χ0) is 27.4. The molecule has 4 aromatic rings. The van der Waals surface area contributed by atoms with E-state index in [1.165, 1.54) is 11.1 Å². The van der Waals surface area contributed by atoms with Crippen molar-refractivity contribution in [2.75, 3.05) is 31.5 Å². The Morgan fingerprint density at radius 3 is 2.28 bits per heavy atom. The molecule has 0 aliphatic carbocycles. The summed E-state index contributed by atoms with van der Waals surface area (Å²) in [5, 5.41) is 4.44. The van der Waals surface area contributed by atoms with Crippen LogP contribution >= 0.6 is 0 Å². The lowest BCUT2D eigenvalue weighted by Gasteiger charge is -2.37. The zero-order valence-corrected chi connectivity index (χ0v) is 23.8. The SMILES string of the molecule is CCCCc1ccc(S(=O)(=O)N2CCN(C(C)c3nc(Nc4ccc(C)cc4)c4ccccc4n3)CC2)cc1. The first-order valence-corrected chi connectivity index (χ1v) is 15.2. The molecule has 1 atom stereocenters. The van der Waals surface area contributed by atoms with Crippen LogP contribution in [0.4, 0.5) is 11.5 Å². The fourth-order valence-electron chi connectivity index (χ4n) is 5.00. The van der Waals surface area contributed by atoms with Crippen molar-refractivity contribution in [3.8, 4) is 0 Å². The zero-order valence-electron chi connectivity index (χ0n) is 23.0. The van der Waals surface area contributed by atoms with Gasteiger partial charge in [-0.15, -0.1) is 0 Å². The number of nitrogens with one attached hydrogen (secondary N) is 1. The normalized spacial score (nSPS) is 15.9. The lowest BCUT2D eigenvalue weighted by Crippen LogP contribution is -2.49. The van der Waals surface area contributed by atoms with E-state index < -0.39 is 10.0 Å². The molecule has 1 aromatic heterocycles. The highest BCUT2D eigenvalue weighted by Crippen LogP contribution is 2.28. The Hall–Kier alpha value is -3.33. The van der Waals surface area contributed by atoms with E-state index in [1.54, 1.807) is 16.4 Å². The number of aryl methyl sites for hydroxylation is 2. The van der Waals surface area contributed by atoms with Crippen molar-refractivity contribution in [1.82, 2.24) is 19.2 Å². The van der Waals surface area contributed by atoms with Crippen LogP contribution in [0.25, 0.3) is 10.9 Å². The van der Waals surface area contributed by atoms with E-state index in [2.05, 4.69) is 43.1 Å². The van der Waals surface area contributed by atoms with Crippen LogP contribution in [0.15, 0.2) is 77.7 Å². The van der Waals surface area contributed by atoms with Crippen molar-refractivity contribution in [2.24, 2.45) is 0 Å². The van der Waals surface area contributed by atoms with Crippen LogP contribution < -0.4 is 5.32 Å². The molecule has 5 rings (SSSR count). The summed E-state index contributed by atoms with van der Waals surface area (Å²) >= 11 is 0. The Kier molecular flexibility index (Phi) is 8.26. The Morgan fingerprint density at radius 1 is 0.897 bits per heavy atom. The van der Waals surface area contributed by atoms with Gasteiger partial charge < -0.3 is 5.32 Å². The molecular weight excluding hydrogens is 506 g/mol. The summed E-state index contributed by atoms with van der Waals surface area (Å²) in [6.45, 7) is 8.43. The van der Waals surface area contributed by atoms with Crippen molar-refractivity contribution >= 4 is 32.4 Å². The molecule has 0 bridgehead atoms. The number of hydrogen-bond acceptors (Lipinski definition) is 6. The number of rotatable bonds is 9. The number of nitrogens with zero attached hydrogens (tertiary/aromatic N) is 4. The number of unbranched alkanes of at least 4 members (excludes halogenated alkanes) is 1. The minimum absolute atomic E-state index is 0.0594. The molecule has 7 nitrogen and oxygen atoms in total. The molecule has 1 unspecified atom stereocenters. The fourth-order valence-corrected chi connectivity index (χ4v) is 6.43. The first-order chi connectivity index (χ1) is 18.8.